The topological polar surface area (TPSA) is 163 Å². The van der Waals surface area contributed by atoms with Crippen molar-refractivity contribution in [3.05, 3.63) is 45.7 Å². The second kappa shape index (κ2) is 8.61. The molecule has 0 bridgehead atoms. The molecule has 0 spiro atoms. The number of nitrogen functional groups attached to an aromatic ring is 1. The van der Waals surface area contributed by atoms with Crippen molar-refractivity contribution in [2.75, 3.05) is 17.7 Å². The Balaban J connectivity index is 1.60. The van der Waals surface area contributed by atoms with Crippen LogP contribution in [0.3, 0.4) is 0 Å². The number of benzene rings is 1. The summed E-state index contributed by atoms with van der Waals surface area (Å²) in [7, 11) is 1.65. The molecule has 3 aromatic heterocycles. The third-order valence-electron chi connectivity index (χ3n) is 6.09. The number of tetrazole rings is 1. The normalized spacial score (nSPS) is 18.6. The number of aliphatic hydroxyl groups is 1. The van der Waals surface area contributed by atoms with Crippen molar-refractivity contribution in [1.82, 2.24) is 39.7 Å². The highest BCUT2D eigenvalue weighted by molar-refractivity contribution is 6.35. The van der Waals surface area contributed by atoms with E-state index in [1.54, 1.807) is 29.8 Å². The van der Waals surface area contributed by atoms with Crippen LogP contribution in [0.2, 0.25) is 5.02 Å². The largest absolute Gasteiger partial charge is 0.396 e. The van der Waals surface area contributed by atoms with E-state index in [1.807, 2.05) is 6.92 Å². The number of anilines is 2. The molecule has 4 N–H and O–H groups in total. The third-order valence-corrected chi connectivity index (χ3v) is 6.40. The molecule has 5 rings (SSSR count). The lowest BCUT2D eigenvalue weighted by atomic mass is 9.80. The number of nitrogens with one attached hydrogen (secondary N) is 1. The number of hydrogen-bond donors (Lipinski definition) is 3. The lowest BCUT2D eigenvalue weighted by molar-refractivity contribution is 0.108. The van der Waals surface area contributed by atoms with Crippen LogP contribution in [0.1, 0.15) is 37.7 Å². The summed E-state index contributed by atoms with van der Waals surface area (Å²) < 4.78 is 1.68. The number of nitrogens with two attached hydrogens (primary N) is 1. The molecule has 3 heterocycles. The molecular formula is C21H23ClN10O2. The highest BCUT2D eigenvalue weighted by Gasteiger charge is 2.34. The Morgan fingerprint density at radius 2 is 2.12 bits per heavy atom. The number of rotatable bonds is 6. The van der Waals surface area contributed by atoms with E-state index in [2.05, 4.69) is 30.7 Å². The van der Waals surface area contributed by atoms with Gasteiger partial charge in [0.15, 0.2) is 0 Å². The average molecular weight is 483 g/mol. The molecule has 0 radical (unpaired) electrons. The van der Waals surface area contributed by atoms with Gasteiger partial charge in [0.2, 0.25) is 5.82 Å². The van der Waals surface area contributed by atoms with Crippen LogP contribution >= 0.6 is 11.6 Å². The first-order valence-electron chi connectivity index (χ1n) is 10.8. The number of aliphatic hydroxyl groups excluding tert-OH is 1. The second-order valence-electron chi connectivity index (χ2n) is 8.40. The van der Waals surface area contributed by atoms with Gasteiger partial charge in [0, 0.05) is 12.6 Å². The van der Waals surface area contributed by atoms with Gasteiger partial charge in [-0.05, 0) is 43.0 Å². The molecule has 176 valence electrons. The molecule has 4 aromatic rings. The Labute approximate surface area is 198 Å². The third kappa shape index (κ3) is 3.74. The monoisotopic (exact) mass is 482 g/mol. The van der Waals surface area contributed by atoms with Crippen molar-refractivity contribution in [2.24, 2.45) is 13.0 Å². The number of aromatic nitrogens is 8. The first kappa shape index (κ1) is 22.2. The number of fused-ring (bicyclic) bond motifs is 1. The minimum Gasteiger partial charge on any atom is -0.396 e. The van der Waals surface area contributed by atoms with Gasteiger partial charge >= 0.3 is 0 Å². The zero-order valence-corrected chi connectivity index (χ0v) is 19.3. The molecule has 1 atom stereocenters. The van der Waals surface area contributed by atoms with Crippen LogP contribution in [0.4, 0.5) is 11.6 Å². The van der Waals surface area contributed by atoms with E-state index < -0.39 is 6.04 Å². The lowest BCUT2D eigenvalue weighted by Gasteiger charge is -2.37. The number of halogens is 1. The van der Waals surface area contributed by atoms with Gasteiger partial charge in [-0.15, -0.1) is 10.2 Å². The lowest BCUT2D eigenvalue weighted by Crippen LogP contribution is -2.39. The summed E-state index contributed by atoms with van der Waals surface area (Å²) in [5.74, 6) is 1.54. The van der Waals surface area contributed by atoms with E-state index in [9.17, 15) is 9.90 Å². The predicted molar refractivity (Wildman–Crippen MR) is 126 cm³/mol. The summed E-state index contributed by atoms with van der Waals surface area (Å²) in [6, 6.07) is 4.66. The van der Waals surface area contributed by atoms with E-state index in [0.29, 0.717) is 46.0 Å². The van der Waals surface area contributed by atoms with E-state index in [-0.39, 0.29) is 35.8 Å². The van der Waals surface area contributed by atoms with Crippen molar-refractivity contribution < 1.29 is 5.11 Å². The maximum absolute atomic E-state index is 13.6. The van der Waals surface area contributed by atoms with Gasteiger partial charge in [0.1, 0.15) is 29.4 Å². The molecule has 1 aromatic carbocycles. The smallest absolute Gasteiger partial charge is 0.263 e. The van der Waals surface area contributed by atoms with Gasteiger partial charge in [-0.1, -0.05) is 17.7 Å². The van der Waals surface area contributed by atoms with Crippen LogP contribution in [0.15, 0.2) is 29.3 Å². The van der Waals surface area contributed by atoms with E-state index in [4.69, 9.17) is 22.3 Å². The van der Waals surface area contributed by atoms with Crippen LogP contribution in [0.5, 0.6) is 0 Å². The van der Waals surface area contributed by atoms with Gasteiger partial charge in [-0.2, -0.15) is 4.80 Å². The van der Waals surface area contributed by atoms with Crippen molar-refractivity contribution >= 4 is 34.1 Å². The number of aryl methyl sites for hydroxylation is 1. The molecule has 0 saturated heterocycles. The summed E-state index contributed by atoms with van der Waals surface area (Å²) in [6.45, 7) is 1.97. The van der Waals surface area contributed by atoms with Crippen LogP contribution in [-0.4, -0.2) is 51.4 Å². The van der Waals surface area contributed by atoms with Crippen LogP contribution in [0, 0.1) is 5.92 Å². The van der Waals surface area contributed by atoms with Crippen molar-refractivity contribution in [3.63, 3.8) is 0 Å². The highest BCUT2D eigenvalue weighted by atomic mass is 35.5. The van der Waals surface area contributed by atoms with Crippen molar-refractivity contribution in [1.29, 1.82) is 0 Å². The predicted octanol–water partition coefficient (Wildman–Crippen LogP) is 1.73. The number of hydrogen-bond acceptors (Lipinski definition) is 10. The fourth-order valence-electron chi connectivity index (χ4n) is 4.32. The Kier molecular flexibility index (Phi) is 5.62. The molecule has 1 fully saturated rings. The van der Waals surface area contributed by atoms with Crippen molar-refractivity contribution in [2.45, 2.75) is 31.8 Å². The van der Waals surface area contributed by atoms with Crippen LogP contribution < -0.4 is 16.6 Å². The van der Waals surface area contributed by atoms with Gasteiger partial charge in [-0.25, -0.2) is 15.0 Å². The SMILES string of the molecule is CC(Nc1ncnc(N)c1-c1nnn(C)n1)c1nc2cccc(Cl)c2c(=O)n1C1CC(CO)C1. The number of nitrogens with zero attached hydrogens (tertiary/aromatic N) is 8. The molecule has 1 aliphatic carbocycles. The Hall–Kier alpha value is -3.64. The zero-order valence-electron chi connectivity index (χ0n) is 18.6. The zero-order chi connectivity index (χ0) is 24.0. The molecule has 1 aliphatic rings. The minimum absolute atomic E-state index is 0.0881. The first-order valence-corrected chi connectivity index (χ1v) is 11.2. The molecule has 0 aliphatic heterocycles. The maximum atomic E-state index is 13.6. The van der Waals surface area contributed by atoms with E-state index >= 15 is 0 Å². The average Bonchev–Trinajstić information content (AvgIpc) is 3.20. The Bertz CT molecular complexity index is 1430. The Morgan fingerprint density at radius 3 is 2.82 bits per heavy atom. The van der Waals surface area contributed by atoms with Gasteiger partial charge in [0.25, 0.3) is 5.56 Å². The standard InChI is InChI=1S/C21H23ClN10O2/c1-10(26-18-16(17(23)24-9-25-18)19-28-30-31(2)29-19)20-27-14-5-3-4-13(22)15(14)21(34)32(20)12-6-11(7-12)8-33/h3-5,9-12,33H,6-8H2,1-2H3,(H3,23,24,25,26). The fourth-order valence-corrected chi connectivity index (χ4v) is 4.57. The molecular weight excluding hydrogens is 460 g/mol. The van der Waals surface area contributed by atoms with E-state index in [1.165, 1.54) is 11.1 Å². The fraction of sp³-hybridized carbons (Fsp3) is 0.381. The molecule has 0 amide bonds. The highest BCUT2D eigenvalue weighted by Crippen LogP contribution is 2.39. The quantitative estimate of drug-likeness (QED) is 0.368. The summed E-state index contributed by atoms with van der Waals surface area (Å²) >= 11 is 6.36. The summed E-state index contributed by atoms with van der Waals surface area (Å²) in [5, 5.41) is 25.6. The van der Waals surface area contributed by atoms with Crippen LogP contribution in [-0.2, 0) is 7.05 Å². The van der Waals surface area contributed by atoms with Gasteiger partial charge < -0.3 is 16.2 Å². The molecule has 12 nitrogen and oxygen atoms in total. The maximum Gasteiger partial charge on any atom is 0.263 e. The molecule has 13 heteroatoms. The molecule has 1 unspecified atom stereocenters. The second-order valence-corrected chi connectivity index (χ2v) is 8.81. The van der Waals surface area contributed by atoms with E-state index in [0.717, 1.165) is 0 Å². The molecule has 34 heavy (non-hydrogen) atoms. The summed E-state index contributed by atoms with van der Waals surface area (Å²) in [6.07, 6.45) is 2.70. The molecule has 1 saturated carbocycles. The van der Waals surface area contributed by atoms with Gasteiger partial charge in [-0.3, -0.25) is 9.36 Å². The van der Waals surface area contributed by atoms with Gasteiger partial charge in [0.05, 0.1) is 29.0 Å². The summed E-state index contributed by atoms with van der Waals surface area (Å²) in [5.41, 5.74) is 6.82. The van der Waals surface area contributed by atoms with Crippen molar-refractivity contribution in [3.8, 4) is 11.4 Å². The summed E-state index contributed by atoms with van der Waals surface area (Å²) in [4.78, 5) is 28.1. The van der Waals surface area contributed by atoms with Crippen LogP contribution in [0.25, 0.3) is 22.3 Å². The Morgan fingerprint density at radius 1 is 1.32 bits per heavy atom. The first-order chi connectivity index (χ1) is 16.4. The minimum atomic E-state index is -0.450.